The number of benzene rings is 1. The summed E-state index contributed by atoms with van der Waals surface area (Å²) < 4.78 is 13.4. The van der Waals surface area contributed by atoms with Gasteiger partial charge in [-0.25, -0.2) is 9.18 Å². The van der Waals surface area contributed by atoms with Crippen molar-refractivity contribution in [3.63, 3.8) is 0 Å². The van der Waals surface area contributed by atoms with E-state index in [1.807, 2.05) is 6.92 Å². The molecule has 1 atom stereocenters. The molecule has 0 bridgehead atoms. The van der Waals surface area contributed by atoms with Gasteiger partial charge in [0.05, 0.1) is 5.75 Å². The van der Waals surface area contributed by atoms with Gasteiger partial charge < -0.3 is 10.4 Å². The summed E-state index contributed by atoms with van der Waals surface area (Å²) in [5.41, 5.74) is 0. The Labute approximate surface area is 121 Å². The molecule has 110 valence electrons. The van der Waals surface area contributed by atoms with E-state index in [2.05, 4.69) is 5.32 Å². The van der Waals surface area contributed by atoms with Crippen LogP contribution in [0.25, 0.3) is 0 Å². The molecule has 0 heterocycles. The largest absolute Gasteiger partial charge is 0.480 e. The molecule has 0 saturated heterocycles. The average molecular weight is 299 g/mol. The molecule has 1 unspecified atom stereocenters. The zero-order valence-corrected chi connectivity index (χ0v) is 12.1. The molecule has 1 amide bonds. The summed E-state index contributed by atoms with van der Waals surface area (Å²) in [6.07, 6.45) is 2.00. The Morgan fingerprint density at radius 1 is 1.40 bits per heavy atom. The topological polar surface area (TPSA) is 66.4 Å². The lowest BCUT2D eigenvalue weighted by Gasteiger charge is -2.13. The summed E-state index contributed by atoms with van der Waals surface area (Å²) in [4.78, 5) is 23.1. The van der Waals surface area contributed by atoms with Gasteiger partial charge in [0.1, 0.15) is 11.9 Å². The van der Waals surface area contributed by atoms with E-state index in [1.54, 1.807) is 18.2 Å². The second-order valence-electron chi connectivity index (χ2n) is 4.32. The molecule has 0 spiro atoms. The van der Waals surface area contributed by atoms with Gasteiger partial charge in [0.2, 0.25) is 5.91 Å². The van der Waals surface area contributed by atoms with E-state index in [0.29, 0.717) is 11.3 Å². The summed E-state index contributed by atoms with van der Waals surface area (Å²) in [5, 5.41) is 11.5. The van der Waals surface area contributed by atoms with Crippen molar-refractivity contribution < 1.29 is 19.1 Å². The third-order valence-electron chi connectivity index (χ3n) is 2.68. The fourth-order valence-electron chi connectivity index (χ4n) is 1.61. The SMILES string of the molecule is CCCCC(NC(=O)CSc1ccccc1F)C(=O)O. The lowest BCUT2D eigenvalue weighted by Crippen LogP contribution is -2.41. The highest BCUT2D eigenvalue weighted by molar-refractivity contribution is 8.00. The summed E-state index contributed by atoms with van der Waals surface area (Å²) in [6, 6.07) is 5.29. The Balaban J connectivity index is 2.46. The van der Waals surface area contributed by atoms with Crippen molar-refractivity contribution in [2.75, 3.05) is 5.75 Å². The van der Waals surface area contributed by atoms with Crippen molar-refractivity contribution in [2.45, 2.75) is 37.1 Å². The van der Waals surface area contributed by atoms with E-state index in [0.717, 1.165) is 24.6 Å². The first kappa shape index (κ1) is 16.5. The summed E-state index contributed by atoms with van der Waals surface area (Å²) >= 11 is 1.05. The predicted molar refractivity (Wildman–Crippen MR) is 76.2 cm³/mol. The normalized spacial score (nSPS) is 11.9. The van der Waals surface area contributed by atoms with Crippen LogP contribution in [-0.2, 0) is 9.59 Å². The number of carbonyl (C=O) groups is 2. The number of aliphatic carboxylic acids is 1. The predicted octanol–water partition coefficient (Wildman–Crippen LogP) is 2.68. The smallest absolute Gasteiger partial charge is 0.326 e. The molecular weight excluding hydrogens is 281 g/mol. The second-order valence-corrected chi connectivity index (χ2v) is 5.34. The molecule has 1 aromatic rings. The van der Waals surface area contributed by atoms with Crippen LogP contribution in [-0.4, -0.2) is 28.8 Å². The zero-order chi connectivity index (χ0) is 15.0. The number of thioether (sulfide) groups is 1. The number of amides is 1. The minimum absolute atomic E-state index is 0.00314. The van der Waals surface area contributed by atoms with Crippen molar-refractivity contribution >= 4 is 23.6 Å². The molecule has 0 aliphatic rings. The van der Waals surface area contributed by atoms with E-state index in [1.165, 1.54) is 6.07 Å². The molecule has 0 saturated carbocycles. The van der Waals surface area contributed by atoms with E-state index in [4.69, 9.17) is 5.11 Å². The number of carboxylic acids is 1. The van der Waals surface area contributed by atoms with E-state index in [9.17, 15) is 14.0 Å². The van der Waals surface area contributed by atoms with Crippen LogP contribution in [0.1, 0.15) is 26.2 Å². The van der Waals surface area contributed by atoms with Gasteiger partial charge in [0.25, 0.3) is 0 Å². The Bertz CT molecular complexity index is 467. The fourth-order valence-corrected chi connectivity index (χ4v) is 2.36. The van der Waals surface area contributed by atoms with Gasteiger partial charge in [0, 0.05) is 4.90 Å². The standard InChI is InChI=1S/C14H18FNO3S/c1-2-3-7-11(14(18)19)16-13(17)9-20-12-8-5-4-6-10(12)15/h4-6,8,11H,2-3,7,9H2,1H3,(H,16,17)(H,18,19). The van der Waals surface area contributed by atoms with Gasteiger partial charge in [0.15, 0.2) is 0 Å². The molecule has 2 N–H and O–H groups in total. The maximum atomic E-state index is 13.4. The van der Waals surface area contributed by atoms with E-state index in [-0.39, 0.29) is 11.6 Å². The van der Waals surface area contributed by atoms with Crippen LogP contribution in [0.5, 0.6) is 0 Å². The molecule has 20 heavy (non-hydrogen) atoms. The minimum Gasteiger partial charge on any atom is -0.480 e. The van der Waals surface area contributed by atoms with Crippen molar-refractivity contribution in [1.29, 1.82) is 0 Å². The Kier molecular flexibility index (Phi) is 7.08. The van der Waals surface area contributed by atoms with Crippen LogP contribution in [0.15, 0.2) is 29.2 Å². The summed E-state index contributed by atoms with van der Waals surface area (Å²) in [5.74, 6) is -1.83. The highest BCUT2D eigenvalue weighted by atomic mass is 32.2. The van der Waals surface area contributed by atoms with Crippen LogP contribution in [0.4, 0.5) is 4.39 Å². The Hall–Kier alpha value is -1.56. The number of nitrogens with one attached hydrogen (secondary N) is 1. The molecule has 4 nitrogen and oxygen atoms in total. The van der Waals surface area contributed by atoms with E-state index < -0.39 is 17.9 Å². The first-order valence-corrected chi connectivity index (χ1v) is 7.42. The minimum atomic E-state index is -1.04. The van der Waals surface area contributed by atoms with Crippen LogP contribution in [0.3, 0.4) is 0 Å². The molecule has 0 radical (unpaired) electrons. The highest BCUT2D eigenvalue weighted by Crippen LogP contribution is 2.20. The van der Waals surface area contributed by atoms with Gasteiger partial charge >= 0.3 is 5.97 Å². The van der Waals surface area contributed by atoms with Crippen molar-refractivity contribution in [3.8, 4) is 0 Å². The quantitative estimate of drug-likeness (QED) is 0.724. The number of halogens is 1. The molecule has 0 aromatic heterocycles. The molecule has 1 aromatic carbocycles. The third kappa shape index (κ3) is 5.61. The van der Waals surface area contributed by atoms with Crippen molar-refractivity contribution in [1.82, 2.24) is 5.32 Å². The van der Waals surface area contributed by atoms with Gasteiger partial charge in [-0.15, -0.1) is 11.8 Å². The Morgan fingerprint density at radius 3 is 2.70 bits per heavy atom. The average Bonchev–Trinajstić information content (AvgIpc) is 2.42. The monoisotopic (exact) mass is 299 g/mol. The molecule has 0 aliphatic carbocycles. The number of unbranched alkanes of at least 4 members (excludes halogenated alkanes) is 1. The summed E-state index contributed by atoms with van der Waals surface area (Å²) in [7, 11) is 0. The van der Waals surface area contributed by atoms with Crippen LogP contribution in [0, 0.1) is 5.82 Å². The summed E-state index contributed by atoms with van der Waals surface area (Å²) in [6.45, 7) is 1.95. The molecular formula is C14H18FNO3S. The van der Waals surface area contributed by atoms with Crippen molar-refractivity contribution in [3.05, 3.63) is 30.1 Å². The number of rotatable bonds is 8. The number of hydrogen-bond acceptors (Lipinski definition) is 3. The van der Waals surface area contributed by atoms with E-state index >= 15 is 0 Å². The number of hydrogen-bond donors (Lipinski definition) is 2. The van der Waals surface area contributed by atoms with Crippen LogP contribution >= 0.6 is 11.8 Å². The van der Waals surface area contributed by atoms with Gasteiger partial charge in [-0.05, 0) is 18.6 Å². The van der Waals surface area contributed by atoms with Gasteiger partial charge in [-0.2, -0.15) is 0 Å². The number of carbonyl (C=O) groups excluding carboxylic acids is 1. The molecule has 0 aliphatic heterocycles. The molecule has 6 heteroatoms. The molecule has 1 rings (SSSR count). The number of carboxylic acid groups (broad SMARTS) is 1. The third-order valence-corrected chi connectivity index (χ3v) is 3.72. The fraction of sp³-hybridized carbons (Fsp3) is 0.429. The Morgan fingerprint density at radius 2 is 2.10 bits per heavy atom. The van der Waals surface area contributed by atoms with Crippen LogP contribution < -0.4 is 5.32 Å². The van der Waals surface area contributed by atoms with Crippen molar-refractivity contribution in [2.24, 2.45) is 0 Å². The maximum Gasteiger partial charge on any atom is 0.326 e. The molecule has 0 fully saturated rings. The second kappa shape index (κ2) is 8.58. The van der Waals surface area contributed by atoms with Gasteiger partial charge in [-0.3, -0.25) is 4.79 Å². The first-order valence-electron chi connectivity index (χ1n) is 6.44. The van der Waals surface area contributed by atoms with Crippen LogP contribution in [0.2, 0.25) is 0 Å². The first-order chi connectivity index (χ1) is 9.54. The van der Waals surface area contributed by atoms with Gasteiger partial charge in [-0.1, -0.05) is 31.9 Å². The zero-order valence-electron chi connectivity index (χ0n) is 11.3. The lowest BCUT2D eigenvalue weighted by molar-refractivity contribution is -0.141. The lowest BCUT2D eigenvalue weighted by atomic mass is 10.1. The highest BCUT2D eigenvalue weighted by Gasteiger charge is 2.19. The maximum absolute atomic E-state index is 13.4.